The summed E-state index contributed by atoms with van der Waals surface area (Å²) in [4.78, 5) is 15.7. The van der Waals surface area contributed by atoms with E-state index < -0.39 is 0 Å². The summed E-state index contributed by atoms with van der Waals surface area (Å²) in [5, 5.41) is 3.17. The highest BCUT2D eigenvalue weighted by Crippen LogP contribution is 2.34. The van der Waals surface area contributed by atoms with E-state index in [1.165, 1.54) is 4.90 Å². The van der Waals surface area contributed by atoms with Crippen molar-refractivity contribution < 1.29 is 14.3 Å². The van der Waals surface area contributed by atoms with Gasteiger partial charge < -0.3 is 19.7 Å². The van der Waals surface area contributed by atoms with Gasteiger partial charge in [-0.15, -0.1) is 11.8 Å². The number of carbonyl (C=O) groups is 1. The SMILES string of the molecule is CSc1ccc(CN(C)C(=O)N[C@H](c2ccc3c(c2)OCCO3)C(C)C)cc1. The van der Waals surface area contributed by atoms with Crippen LogP contribution >= 0.6 is 11.8 Å². The maximum Gasteiger partial charge on any atom is 0.317 e. The molecule has 0 aliphatic carbocycles. The number of thioether (sulfide) groups is 1. The van der Waals surface area contributed by atoms with Crippen molar-refractivity contribution in [2.45, 2.75) is 31.3 Å². The number of hydrogen-bond donors (Lipinski definition) is 1. The quantitative estimate of drug-likeness (QED) is 0.713. The van der Waals surface area contributed by atoms with Crippen molar-refractivity contribution in [3.8, 4) is 11.5 Å². The number of carbonyl (C=O) groups excluding carboxylic acids is 1. The Hall–Kier alpha value is -2.34. The van der Waals surface area contributed by atoms with Crippen LogP contribution in [0.3, 0.4) is 0 Å². The lowest BCUT2D eigenvalue weighted by Gasteiger charge is -2.28. The molecule has 0 aromatic heterocycles. The average Bonchev–Trinajstić information content (AvgIpc) is 2.71. The molecule has 6 heteroatoms. The molecule has 0 spiro atoms. The Kier molecular flexibility index (Phi) is 6.73. The number of fused-ring (bicyclic) bond motifs is 1. The summed E-state index contributed by atoms with van der Waals surface area (Å²) in [5.41, 5.74) is 2.13. The Bertz CT molecular complexity index is 808. The Morgan fingerprint density at radius 2 is 1.79 bits per heavy atom. The second kappa shape index (κ2) is 9.24. The summed E-state index contributed by atoms with van der Waals surface area (Å²) in [5.74, 6) is 1.74. The molecule has 5 nitrogen and oxygen atoms in total. The third kappa shape index (κ3) is 4.93. The number of ether oxygens (including phenoxy) is 2. The molecule has 0 saturated heterocycles. The highest BCUT2D eigenvalue weighted by atomic mass is 32.2. The van der Waals surface area contributed by atoms with Crippen LogP contribution in [0.2, 0.25) is 0 Å². The van der Waals surface area contributed by atoms with Gasteiger partial charge in [-0.05, 0) is 47.6 Å². The summed E-state index contributed by atoms with van der Waals surface area (Å²) in [7, 11) is 1.82. The molecule has 1 aliphatic heterocycles. The van der Waals surface area contributed by atoms with E-state index in [2.05, 4.69) is 49.7 Å². The van der Waals surface area contributed by atoms with Crippen LogP contribution in [0.1, 0.15) is 31.0 Å². The summed E-state index contributed by atoms with van der Waals surface area (Å²) in [6.45, 7) is 5.88. The number of nitrogens with one attached hydrogen (secondary N) is 1. The van der Waals surface area contributed by atoms with Crippen LogP contribution in [0.4, 0.5) is 4.79 Å². The van der Waals surface area contributed by atoms with Crippen molar-refractivity contribution in [2.75, 3.05) is 26.5 Å². The maximum absolute atomic E-state index is 12.8. The number of rotatable bonds is 6. The molecule has 0 radical (unpaired) electrons. The summed E-state index contributed by atoms with van der Waals surface area (Å²) in [6.07, 6.45) is 2.05. The van der Waals surface area contributed by atoms with E-state index in [0.717, 1.165) is 22.6 Å². The van der Waals surface area contributed by atoms with Crippen molar-refractivity contribution >= 4 is 17.8 Å². The Balaban J connectivity index is 1.68. The first kappa shape index (κ1) is 20.4. The minimum Gasteiger partial charge on any atom is -0.486 e. The van der Waals surface area contributed by atoms with Crippen LogP contribution in [-0.4, -0.2) is 37.4 Å². The molecule has 3 rings (SSSR count). The van der Waals surface area contributed by atoms with Gasteiger partial charge in [0.25, 0.3) is 0 Å². The van der Waals surface area contributed by atoms with Gasteiger partial charge in [-0.3, -0.25) is 0 Å². The number of amides is 2. The van der Waals surface area contributed by atoms with Crippen LogP contribution in [-0.2, 0) is 6.54 Å². The van der Waals surface area contributed by atoms with Gasteiger partial charge in [0.15, 0.2) is 11.5 Å². The van der Waals surface area contributed by atoms with Crippen LogP contribution in [0.15, 0.2) is 47.4 Å². The molecular weight excluding hydrogens is 372 g/mol. The van der Waals surface area contributed by atoms with Gasteiger partial charge in [-0.1, -0.05) is 32.0 Å². The molecule has 1 atom stereocenters. The first-order valence-corrected chi connectivity index (χ1v) is 10.7. The van der Waals surface area contributed by atoms with Crippen LogP contribution < -0.4 is 14.8 Å². The molecule has 0 unspecified atom stereocenters. The van der Waals surface area contributed by atoms with Crippen molar-refractivity contribution in [3.63, 3.8) is 0 Å². The molecule has 1 aliphatic rings. The fraction of sp³-hybridized carbons (Fsp3) is 0.409. The Labute approximate surface area is 171 Å². The van der Waals surface area contributed by atoms with Gasteiger partial charge in [-0.25, -0.2) is 4.79 Å². The summed E-state index contributed by atoms with van der Waals surface area (Å²) >= 11 is 1.71. The second-order valence-electron chi connectivity index (χ2n) is 7.28. The van der Waals surface area contributed by atoms with Crippen molar-refractivity contribution in [3.05, 3.63) is 53.6 Å². The minimum absolute atomic E-state index is 0.0949. The lowest BCUT2D eigenvalue weighted by molar-refractivity contribution is 0.171. The predicted molar refractivity (Wildman–Crippen MR) is 113 cm³/mol. The normalized spacial score (nSPS) is 13.9. The van der Waals surface area contributed by atoms with E-state index in [1.807, 2.05) is 25.2 Å². The molecule has 0 bridgehead atoms. The zero-order valence-corrected chi connectivity index (χ0v) is 17.7. The van der Waals surface area contributed by atoms with E-state index in [0.29, 0.717) is 19.8 Å². The van der Waals surface area contributed by atoms with Crippen LogP contribution in [0, 0.1) is 5.92 Å². The Morgan fingerprint density at radius 1 is 1.11 bits per heavy atom. The zero-order chi connectivity index (χ0) is 20.1. The highest BCUT2D eigenvalue weighted by molar-refractivity contribution is 7.98. The molecule has 1 heterocycles. The molecule has 28 heavy (non-hydrogen) atoms. The first-order valence-electron chi connectivity index (χ1n) is 9.52. The van der Waals surface area contributed by atoms with E-state index >= 15 is 0 Å². The number of urea groups is 1. The van der Waals surface area contributed by atoms with Crippen LogP contribution in [0.25, 0.3) is 0 Å². The number of hydrogen-bond acceptors (Lipinski definition) is 4. The second-order valence-corrected chi connectivity index (χ2v) is 8.16. The smallest absolute Gasteiger partial charge is 0.317 e. The third-order valence-electron chi connectivity index (χ3n) is 4.80. The lowest BCUT2D eigenvalue weighted by atomic mass is 9.95. The zero-order valence-electron chi connectivity index (χ0n) is 16.9. The lowest BCUT2D eigenvalue weighted by Crippen LogP contribution is -2.40. The summed E-state index contributed by atoms with van der Waals surface area (Å²) < 4.78 is 11.3. The fourth-order valence-corrected chi connectivity index (χ4v) is 3.62. The third-order valence-corrected chi connectivity index (χ3v) is 5.54. The first-order chi connectivity index (χ1) is 13.5. The molecule has 2 aromatic carbocycles. The van der Waals surface area contributed by atoms with Gasteiger partial charge in [0.2, 0.25) is 0 Å². The van der Waals surface area contributed by atoms with Crippen molar-refractivity contribution in [1.29, 1.82) is 0 Å². The number of nitrogens with zero attached hydrogens (tertiary/aromatic N) is 1. The molecular formula is C22H28N2O3S. The van der Waals surface area contributed by atoms with E-state index in [1.54, 1.807) is 16.7 Å². The molecule has 2 amide bonds. The summed E-state index contributed by atoms with van der Waals surface area (Å²) in [6, 6.07) is 14.0. The van der Waals surface area contributed by atoms with Gasteiger partial charge in [0, 0.05) is 18.5 Å². The van der Waals surface area contributed by atoms with Crippen LogP contribution in [0.5, 0.6) is 11.5 Å². The molecule has 1 N–H and O–H groups in total. The largest absolute Gasteiger partial charge is 0.486 e. The average molecular weight is 401 g/mol. The van der Waals surface area contributed by atoms with Gasteiger partial charge >= 0.3 is 6.03 Å². The standard InChI is InChI=1S/C22H28N2O3S/c1-15(2)21(17-7-10-19-20(13-17)27-12-11-26-19)23-22(25)24(3)14-16-5-8-18(28-4)9-6-16/h5-10,13,15,21H,11-12,14H2,1-4H3,(H,23,25)/t21-/m0/s1. The van der Waals surface area contributed by atoms with E-state index in [9.17, 15) is 4.79 Å². The molecule has 2 aromatic rings. The molecule has 150 valence electrons. The van der Waals surface area contributed by atoms with Crippen molar-refractivity contribution in [2.24, 2.45) is 5.92 Å². The van der Waals surface area contributed by atoms with Crippen molar-refractivity contribution in [1.82, 2.24) is 10.2 Å². The van der Waals surface area contributed by atoms with E-state index in [4.69, 9.17) is 9.47 Å². The van der Waals surface area contributed by atoms with Gasteiger partial charge in [0.05, 0.1) is 6.04 Å². The topological polar surface area (TPSA) is 50.8 Å². The maximum atomic E-state index is 12.8. The highest BCUT2D eigenvalue weighted by Gasteiger charge is 2.23. The Morgan fingerprint density at radius 3 is 2.43 bits per heavy atom. The number of benzene rings is 2. The predicted octanol–water partition coefficient (Wildman–Crippen LogP) is 4.72. The monoisotopic (exact) mass is 400 g/mol. The molecule has 0 saturated carbocycles. The fourth-order valence-electron chi connectivity index (χ4n) is 3.21. The molecule has 0 fully saturated rings. The van der Waals surface area contributed by atoms with Gasteiger partial charge in [0.1, 0.15) is 13.2 Å². The minimum atomic E-state index is -0.107. The van der Waals surface area contributed by atoms with E-state index in [-0.39, 0.29) is 18.0 Å². The van der Waals surface area contributed by atoms with Gasteiger partial charge in [-0.2, -0.15) is 0 Å².